The van der Waals surface area contributed by atoms with Crippen molar-refractivity contribution in [3.63, 3.8) is 0 Å². The number of anilines is 1. The van der Waals surface area contributed by atoms with Crippen molar-refractivity contribution < 1.29 is 26.7 Å². The first kappa shape index (κ1) is 15.4. The van der Waals surface area contributed by atoms with Crippen LogP contribution in [-0.2, 0) is 4.79 Å². The van der Waals surface area contributed by atoms with Gasteiger partial charge in [0.15, 0.2) is 5.54 Å². The van der Waals surface area contributed by atoms with E-state index in [9.17, 15) is 26.7 Å². The zero-order chi connectivity index (χ0) is 15.0. The van der Waals surface area contributed by atoms with E-state index < -0.39 is 34.9 Å². The molecule has 0 saturated carbocycles. The van der Waals surface area contributed by atoms with Crippen molar-refractivity contribution in [2.45, 2.75) is 25.6 Å². The summed E-state index contributed by atoms with van der Waals surface area (Å²) >= 11 is 0. The Morgan fingerprint density at radius 3 is 2.21 bits per heavy atom. The second-order valence-electron chi connectivity index (χ2n) is 4.24. The standard InChI is InChI=1S/C11H11F5N2O/c1-5-3-7(13)8(4-6(5)12)18-9(19)10(2,17)11(14,15)16/h3-4H,17H2,1-2H3,(H,18,19). The van der Waals surface area contributed by atoms with Crippen LogP contribution in [0, 0.1) is 18.6 Å². The lowest BCUT2D eigenvalue weighted by Gasteiger charge is -2.26. The van der Waals surface area contributed by atoms with Gasteiger partial charge in [-0.3, -0.25) is 4.79 Å². The predicted molar refractivity (Wildman–Crippen MR) is 58.4 cm³/mol. The van der Waals surface area contributed by atoms with Gasteiger partial charge in [-0.05, 0) is 25.5 Å². The van der Waals surface area contributed by atoms with E-state index in [1.54, 1.807) is 5.32 Å². The van der Waals surface area contributed by atoms with E-state index in [1.807, 2.05) is 0 Å². The number of nitrogens with two attached hydrogens (primary N) is 1. The summed E-state index contributed by atoms with van der Waals surface area (Å²) in [4.78, 5) is 11.4. The van der Waals surface area contributed by atoms with Gasteiger partial charge in [0.05, 0.1) is 5.69 Å². The fraction of sp³-hybridized carbons (Fsp3) is 0.364. The number of amides is 1. The van der Waals surface area contributed by atoms with Crippen molar-refractivity contribution >= 4 is 11.6 Å². The third-order valence-electron chi connectivity index (χ3n) is 2.56. The largest absolute Gasteiger partial charge is 0.415 e. The SMILES string of the molecule is Cc1cc(F)c(NC(=O)C(C)(N)C(F)(F)F)cc1F. The quantitative estimate of drug-likeness (QED) is 0.819. The fourth-order valence-electron chi connectivity index (χ4n) is 1.12. The summed E-state index contributed by atoms with van der Waals surface area (Å²) in [5.74, 6) is -3.59. The third kappa shape index (κ3) is 3.01. The molecule has 1 atom stereocenters. The minimum Gasteiger partial charge on any atom is -0.322 e. The molecule has 0 radical (unpaired) electrons. The Bertz CT molecular complexity index is 511. The number of hydrogen-bond donors (Lipinski definition) is 2. The van der Waals surface area contributed by atoms with Crippen LogP contribution in [0.15, 0.2) is 12.1 Å². The average molecular weight is 282 g/mol. The Morgan fingerprint density at radius 1 is 1.21 bits per heavy atom. The van der Waals surface area contributed by atoms with Gasteiger partial charge in [-0.15, -0.1) is 0 Å². The lowest BCUT2D eigenvalue weighted by atomic mass is 10.0. The minimum absolute atomic E-state index is 0.0400. The number of halogens is 5. The van der Waals surface area contributed by atoms with Gasteiger partial charge in [0.1, 0.15) is 11.6 Å². The zero-order valence-corrected chi connectivity index (χ0v) is 10.0. The summed E-state index contributed by atoms with van der Waals surface area (Å²) in [5.41, 5.74) is 0.902. The van der Waals surface area contributed by atoms with E-state index >= 15 is 0 Å². The van der Waals surface area contributed by atoms with Crippen LogP contribution in [0.5, 0.6) is 0 Å². The number of nitrogens with one attached hydrogen (secondary N) is 1. The van der Waals surface area contributed by atoms with Crippen LogP contribution >= 0.6 is 0 Å². The first-order valence-electron chi connectivity index (χ1n) is 5.09. The summed E-state index contributed by atoms with van der Waals surface area (Å²) in [6.07, 6.45) is -5.02. The molecular weight excluding hydrogens is 271 g/mol. The molecule has 0 heterocycles. The summed E-state index contributed by atoms with van der Waals surface area (Å²) in [6.45, 7) is 1.71. The monoisotopic (exact) mass is 282 g/mol. The number of rotatable bonds is 2. The summed E-state index contributed by atoms with van der Waals surface area (Å²) in [5, 5.41) is 1.63. The first-order valence-corrected chi connectivity index (χ1v) is 5.09. The smallest absolute Gasteiger partial charge is 0.322 e. The van der Waals surface area contributed by atoms with Crippen molar-refractivity contribution in [3.05, 3.63) is 29.3 Å². The highest BCUT2D eigenvalue weighted by Gasteiger charge is 2.54. The highest BCUT2D eigenvalue weighted by atomic mass is 19.4. The second kappa shape index (κ2) is 4.76. The molecule has 3 N–H and O–H groups in total. The molecule has 1 unspecified atom stereocenters. The number of carbonyl (C=O) groups is 1. The van der Waals surface area contributed by atoms with Gasteiger partial charge >= 0.3 is 6.18 Å². The number of benzene rings is 1. The fourth-order valence-corrected chi connectivity index (χ4v) is 1.12. The predicted octanol–water partition coefficient (Wildman–Crippen LogP) is 2.49. The van der Waals surface area contributed by atoms with Crippen molar-refractivity contribution in [2.75, 3.05) is 5.32 Å². The molecule has 1 amide bonds. The summed E-state index contributed by atoms with van der Waals surface area (Å²) in [6, 6.07) is 1.35. The van der Waals surface area contributed by atoms with Gasteiger partial charge in [-0.25, -0.2) is 8.78 Å². The number of alkyl halides is 3. The van der Waals surface area contributed by atoms with Crippen molar-refractivity contribution in [1.29, 1.82) is 0 Å². The van der Waals surface area contributed by atoms with Crippen LogP contribution in [0.1, 0.15) is 12.5 Å². The van der Waals surface area contributed by atoms with Crippen LogP contribution in [-0.4, -0.2) is 17.6 Å². The second-order valence-corrected chi connectivity index (χ2v) is 4.24. The van der Waals surface area contributed by atoms with Crippen molar-refractivity contribution in [2.24, 2.45) is 5.73 Å². The van der Waals surface area contributed by atoms with Gasteiger partial charge in [0, 0.05) is 6.07 Å². The molecule has 1 aromatic rings. The number of carbonyl (C=O) groups excluding carboxylic acids is 1. The topological polar surface area (TPSA) is 55.1 Å². The zero-order valence-electron chi connectivity index (χ0n) is 10.0. The van der Waals surface area contributed by atoms with Gasteiger partial charge in [0.2, 0.25) is 0 Å². The highest BCUT2D eigenvalue weighted by Crippen LogP contribution is 2.29. The van der Waals surface area contributed by atoms with Crippen molar-refractivity contribution in [1.82, 2.24) is 0 Å². The lowest BCUT2D eigenvalue weighted by molar-refractivity contribution is -0.184. The van der Waals surface area contributed by atoms with E-state index in [4.69, 9.17) is 5.73 Å². The lowest BCUT2D eigenvalue weighted by Crippen LogP contribution is -2.59. The van der Waals surface area contributed by atoms with E-state index in [1.165, 1.54) is 6.92 Å². The minimum atomic E-state index is -5.02. The molecule has 106 valence electrons. The van der Waals surface area contributed by atoms with E-state index in [0.29, 0.717) is 13.0 Å². The Labute approximate surface area is 105 Å². The maximum absolute atomic E-state index is 13.4. The van der Waals surface area contributed by atoms with Gasteiger partial charge < -0.3 is 11.1 Å². The summed E-state index contributed by atoms with van der Waals surface area (Å²) < 4.78 is 64.0. The molecule has 0 aliphatic heterocycles. The molecule has 19 heavy (non-hydrogen) atoms. The highest BCUT2D eigenvalue weighted by molar-refractivity contribution is 5.98. The molecule has 3 nitrogen and oxygen atoms in total. The molecule has 0 bridgehead atoms. The number of hydrogen-bond acceptors (Lipinski definition) is 2. The normalized spacial score (nSPS) is 14.9. The maximum atomic E-state index is 13.4. The molecule has 0 spiro atoms. The first-order chi connectivity index (χ1) is 8.46. The van der Waals surface area contributed by atoms with Gasteiger partial charge in [-0.2, -0.15) is 13.2 Å². The Balaban J connectivity index is 3.05. The van der Waals surface area contributed by atoms with E-state index in [-0.39, 0.29) is 5.56 Å². The van der Waals surface area contributed by atoms with Crippen LogP contribution in [0.2, 0.25) is 0 Å². The summed E-state index contributed by atoms with van der Waals surface area (Å²) in [7, 11) is 0. The molecule has 0 aliphatic carbocycles. The average Bonchev–Trinajstić information content (AvgIpc) is 2.24. The molecule has 1 aromatic carbocycles. The van der Waals surface area contributed by atoms with Crippen molar-refractivity contribution in [3.8, 4) is 0 Å². The van der Waals surface area contributed by atoms with Crippen LogP contribution < -0.4 is 11.1 Å². The van der Waals surface area contributed by atoms with Crippen LogP contribution in [0.25, 0.3) is 0 Å². The van der Waals surface area contributed by atoms with Crippen LogP contribution in [0.3, 0.4) is 0 Å². The molecule has 8 heteroatoms. The molecular formula is C11H11F5N2O. The third-order valence-corrected chi connectivity index (χ3v) is 2.56. The number of aryl methyl sites for hydroxylation is 1. The van der Waals surface area contributed by atoms with Gasteiger partial charge in [0.25, 0.3) is 5.91 Å². The Morgan fingerprint density at radius 2 is 1.74 bits per heavy atom. The van der Waals surface area contributed by atoms with Gasteiger partial charge in [-0.1, -0.05) is 0 Å². The Kier molecular flexibility index (Phi) is 3.85. The Hall–Kier alpha value is -1.70. The molecule has 0 saturated heterocycles. The molecule has 0 aromatic heterocycles. The van der Waals surface area contributed by atoms with Crippen LogP contribution in [0.4, 0.5) is 27.6 Å². The van der Waals surface area contributed by atoms with E-state index in [0.717, 1.165) is 6.07 Å². The molecule has 1 rings (SSSR count). The maximum Gasteiger partial charge on any atom is 0.415 e. The molecule has 0 fully saturated rings. The molecule has 0 aliphatic rings. The van der Waals surface area contributed by atoms with E-state index in [2.05, 4.69) is 0 Å².